The lowest BCUT2D eigenvalue weighted by atomic mass is 9.95. The van der Waals surface area contributed by atoms with Gasteiger partial charge in [-0.05, 0) is 48.2 Å². The molecular formula is C23H26N4O. The van der Waals surface area contributed by atoms with Crippen LogP contribution in [0.2, 0.25) is 0 Å². The first-order chi connectivity index (χ1) is 13.8. The molecule has 1 aliphatic carbocycles. The normalized spacial score (nSPS) is 16.6. The van der Waals surface area contributed by atoms with Crippen LogP contribution in [0.4, 0.5) is 11.4 Å². The zero-order valence-electron chi connectivity index (χ0n) is 16.1. The number of anilines is 1. The molecule has 2 N–H and O–H groups in total. The zero-order valence-corrected chi connectivity index (χ0v) is 16.1. The molecule has 144 valence electrons. The Bertz CT molecular complexity index is 1030. The van der Waals surface area contributed by atoms with Gasteiger partial charge in [-0.3, -0.25) is 4.99 Å². The number of imidazole rings is 1. The third-order valence-electron chi connectivity index (χ3n) is 6.02. The van der Waals surface area contributed by atoms with Crippen LogP contribution in [0.1, 0.15) is 43.7 Å². The predicted molar refractivity (Wildman–Crippen MR) is 115 cm³/mol. The summed E-state index contributed by atoms with van der Waals surface area (Å²) in [4.78, 5) is 9.35. The molecule has 0 saturated heterocycles. The Morgan fingerprint density at radius 3 is 2.86 bits per heavy atom. The fourth-order valence-corrected chi connectivity index (χ4v) is 4.61. The average molecular weight is 374 g/mol. The highest BCUT2D eigenvalue weighted by Gasteiger charge is 2.19. The van der Waals surface area contributed by atoms with Crippen LogP contribution < -0.4 is 5.32 Å². The molecule has 2 aromatic carbocycles. The molecule has 5 nitrogen and oxygen atoms in total. The number of fused-ring (bicyclic) bond motifs is 2. The van der Waals surface area contributed by atoms with Gasteiger partial charge in [-0.15, -0.1) is 0 Å². The van der Waals surface area contributed by atoms with Crippen molar-refractivity contribution in [3.05, 3.63) is 42.2 Å². The maximum absolute atomic E-state index is 9.14. The lowest BCUT2D eigenvalue weighted by Gasteiger charge is -2.23. The second-order valence-corrected chi connectivity index (χ2v) is 7.84. The van der Waals surface area contributed by atoms with Crippen LogP contribution >= 0.6 is 0 Å². The fraction of sp³-hybridized carbons (Fsp3) is 0.391. The molecule has 0 amide bonds. The Morgan fingerprint density at radius 1 is 1.11 bits per heavy atom. The van der Waals surface area contributed by atoms with Crippen molar-refractivity contribution in [2.45, 2.75) is 44.6 Å². The second kappa shape index (κ2) is 7.40. The Balaban J connectivity index is 1.54. The van der Waals surface area contributed by atoms with Gasteiger partial charge in [0.15, 0.2) is 0 Å². The minimum Gasteiger partial charge on any atom is -0.395 e. The summed E-state index contributed by atoms with van der Waals surface area (Å²) >= 11 is 0. The summed E-state index contributed by atoms with van der Waals surface area (Å²) in [6.45, 7) is 0.664. The highest BCUT2D eigenvalue weighted by molar-refractivity contribution is 5.92. The van der Waals surface area contributed by atoms with E-state index in [1.165, 1.54) is 43.2 Å². The van der Waals surface area contributed by atoms with Crippen LogP contribution in [-0.4, -0.2) is 34.0 Å². The smallest absolute Gasteiger partial charge is 0.0960 e. The summed E-state index contributed by atoms with van der Waals surface area (Å²) in [5.74, 6) is 0. The van der Waals surface area contributed by atoms with Crippen molar-refractivity contribution in [3.63, 3.8) is 0 Å². The van der Waals surface area contributed by atoms with Crippen molar-refractivity contribution >= 4 is 28.6 Å². The van der Waals surface area contributed by atoms with Gasteiger partial charge in [0.25, 0.3) is 0 Å². The molecule has 5 rings (SSSR count). The number of hydrogen-bond acceptors (Lipinski definition) is 4. The molecule has 1 aliphatic heterocycles. The first-order valence-electron chi connectivity index (χ1n) is 10.3. The van der Waals surface area contributed by atoms with E-state index in [-0.39, 0.29) is 6.61 Å². The molecule has 1 saturated carbocycles. The zero-order chi connectivity index (χ0) is 18.9. The molecule has 28 heavy (non-hydrogen) atoms. The first-order valence-corrected chi connectivity index (χ1v) is 10.3. The van der Waals surface area contributed by atoms with Crippen molar-refractivity contribution < 1.29 is 5.11 Å². The van der Waals surface area contributed by atoms with E-state index in [1.807, 2.05) is 12.5 Å². The Kier molecular flexibility index (Phi) is 4.61. The molecule has 0 spiro atoms. The monoisotopic (exact) mass is 374 g/mol. The Morgan fingerprint density at radius 2 is 2.00 bits per heavy atom. The van der Waals surface area contributed by atoms with Crippen molar-refractivity contribution in [3.8, 4) is 11.1 Å². The summed E-state index contributed by atoms with van der Waals surface area (Å²) in [6.07, 6.45) is 11.4. The number of benzene rings is 2. The van der Waals surface area contributed by atoms with E-state index in [2.05, 4.69) is 45.2 Å². The Hall–Kier alpha value is -2.66. The molecule has 0 radical (unpaired) electrons. The summed E-state index contributed by atoms with van der Waals surface area (Å²) < 4.78 is 2.38. The van der Waals surface area contributed by atoms with Gasteiger partial charge in [-0.1, -0.05) is 25.3 Å². The third-order valence-corrected chi connectivity index (χ3v) is 6.02. The second-order valence-electron chi connectivity index (χ2n) is 7.84. The average Bonchev–Trinajstić information content (AvgIpc) is 3.38. The summed E-state index contributed by atoms with van der Waals surface area (Å²) in [6, 6.07) is 11.5. The van der Waals surface area contributed by atoms with Gasteiger partial charge in [0.1, 0.15) is 0 Å². The number of nitrogens with zero attached hydrogens (tertiary/aromatic N) is 3. The minimum absolute atomic E-state index is 0.119. The number of hydrogen-bond donors (Lipinski definition) is 2. The van der Waals surface area contributed by atoms with E-state index in [0.717, 1.165) is 34.4 Å². The van der Waals surface area contributed by atoms with Crippen LogP contribution in [-0.2, 0) is 6.42 Å². The number of nitrogens with one attached hydrogen (secondary N) is 1. The van der Waals surface area contributed by atoms with Gasteiger partial charge in [0, 0.05) is 36.5 Å². The van der Waals surface area contributed by atoms with Gasteiger partial charge in [-0.2, -0.15) is 0 Å². The van der Waals surface area contributed by atoms with Crippen LogP contribution in [0.15, 0.2) is 41.7 Å². The lowest BCUT2D eigenvalue weighted by Crippen LogP contribution is -2.11. The third kappa shape index (κ3) is 3.10. The molecule has 1 fully saturated rings. The topological polar surface area (TPSA) is 62.4 Å². The van der Waals surface area contributed by atoms with Crippen LogP contribution in [0.5, 0.6) is 0 Å². The van der Waals surface area contributed by atoms with E-state index >= 15 is 0 Å². The molecule has 3 aromatic rings. The van der Waals surface area contributed by atoms with Gasteiger partial charge >= 0.3 is 0 Å². The molecule has 2 heterocycles. The molecular weight excluding hydrogens is 348 g/mol. The quantitative estimate of drug-likeness (QED) is 0.670. The van der Waals surface area contributed by atoms with E-state index in [1.54, 1.807) is 0 Å². The van der Waals surface area contributed by atoms with E-state index in [9.17, 15) is 0 Å². The van der Waals surface area contributed by atoms with Gasteiger partial charge in [0.2, 0.25) is 0 Å². The molecule has 0 atom stereocenters. The highest BCUT2D eigenvalue weighted by atomic mass is 16.3. The van der Waals surface area contributed by atoms with E-state index in [0.29, 0.717) is 12.6 Å². The number of aromatic nitrogens is 2. The van der Waals surface area contributed by atoms with Gasteiger partial charge in [-0.25, -0.2) is 4.98 Å². The van der Waals surface area contributed by atoms with E-state index < -0.39 is 0 Å². The van der Waals surface area contributed by atoms with Gasteiger partial charge in [0.05, 0.1) is 29.7 Å². The van der Waals surface area contributed by atoms with Crippen molar-refractivity contribution in [1.29, 1.82) is 0 Å². The maximum atomic E-state index is 9.14. The van der Waals surface area contributed by atoms with Crippen LogP contribution in [0.25, 0.3) is 22.2 Å². The molecule has 0 unspecified atom stereocenters. The molecule has 2 aliphatic rings. The summed E-state index contributed by atoms with van der Waals surface area (Å²) in [7, 11) is 0. The number of rotatable bonds is 5. The van der Waals surface area contributed by atoms with Crippen LogP contribution in [0, 0.1) is 0 Å². The molecule has 1 aromatic heterocycles. The van der Waals surface area contributed by atoms with Crippen molar-refractivity contribution in [1.82, 2.24) is 9.55 Å². The summed E-state index contributed by atoms with van der Waals surface area (Å²) in [5.41, 5.74) is 7.86. The predicted octanol–water partition coefficient (Wildman–Crippen LogP) is 4.87. The highest BCUT2D eigenvalue weighted by Crippen LogP contribution is 2.40. The first kappa shape index (κ1) is 17.4. The van der Waals surface area contributed by atoms with Crippen LogP contribution in [0.3, 0.4) is 0 Å². The number of aliphatic hydroxyl groups is 1. The van der Waals surface area contributed by atoms with Gasteiger partial charge < -0.3 is 15.0 Å². The molecule has 5 heteroatoms. The molecule has 0 bridgehead atoms. The largest absolute Gasteiger partial charge is 0.395 e. The number of aliphatic imine (C=N–C) groups is 1. The SMILES string of the molecule is OCCNc1cc2c(c(-c3ccc4c(c3)ncn4C3CCCCC3)c1)N=CC2. The fourth-order valence-electron chi connectivity index (χ4n) is 4.61. The lowest BCUT2D eigenvalue weighted by molar-refractivity contribution is 0.311. The minimum atomic E-state index is 0.119. The van der Waals surface area contributed by atoms with Crippen molar-refractivity contribution in [2.75, 3.05) is 18.5 Å². The summed E-state index contributed by atoms with van der Waals surface area (Å²) in [5, 5.41) is 12.4. The number of aliphatic hydroxyl groups excluding tert-OH is 1. The van der Waals surface area contributed by atoms with E-state index in [4.69, 9.17) is 10.1 Å². The van der Waals surface area contributed by atoms with Crippen molar-refractivity contribution in [2.24, 2.45) is 4.99 Å². The standard InChI is InChI=1S/C23H26N4O/c28-11-10-24-18-12-17-8-9-25-23(17)20(14-18)16-6-7-22-21(13-16)26-15-27(22)19-4-2-1-3-5-19/h6-7,9,12-15,19,24,28H,1-5,8,10-11H2. The Labute approximate surface area is 165 Å². The maximum Gasteiger partial charge on any atom is 0.0960 e.